The van der Waals surface area contributed by atoms with E-state index in [4.69, 9.17) is 4.42 Å². The molecule has 3 aliphatic rings. The third kappa shape index (κ3) is 5.27. The predicted molar refractivity (Wildman–Crippen MR) is 128 cm³/mol. The van der Waals surface area contributed by atoms with Crippen LogP contribution in [0.3, 0.4) is 0 Å². The number of rotatable bonds is 7. The monoisotopic (exact) mass is 483 g/mol. The molecule has 0 aromatic carbocycles. The molecule has 1 N–H and O–H groups in total. The number of hydrogen-bond donors (Lipinski definition) is 1. The average molecular weight is 484 g/mol. The van der Waals surface area contributed by atoms with Crippen molar-refractivity contribution in [2.45, 2.75) is 84.3 Å². The van der Waals surface area contributed by atoms with Crippen molar-refractivity contribution in [2.24, 2.45) is 5.41 Å². The van der Waals surface area contributed by atoms with E-state index in [-0.39, 0.29) is 35.7 Å². The van der Waals surface area contributed by atoms with Crippen LogP contribution >= 0.6 is 0 Å². The first-order chi connectivity index (χ1) is 16.7. The molecule has 1 spiro atoms. The lowest BCUT2D eigenvalue weighted by atomic mass is 9.76. The molecule has 10 heteroatoms. The number of aryl methyl sites for hydroxylation is 2. The fraction of sp³-hybridized carbons (Fsp3) is 0.720. The summed E-state index contributed by atoms with van der Waals surface area (Å²) in [6, 6.07) is 2.26. The molecule has 1 atom stereocenters. The van der Waals surface area contributed by atoms with Crippen molar-refractivity contribution >= 4 is 11.8 Å². The Morgan fingerprint density at radius 2 is 1.91 bits per heavy atom. The summed E-state index contributed by atoms with van der Waals surface area (Å²) < 4.78 is 7.82. The summed E-state index contributed by atoms with van der Waals surface area (Å²) in [6.07, 6.45) is 4.81. The largest absolute Gasteiger partial charge is 0.423 e. The van der Waals surface area contributed by atoms with Crippen LogP contribution in [-0.2, 0) is 16.1 Å². The zero-order valence-corrected chi connectivity index (χ0v) is 21.3. The van der Waals surface area contributed by atoms with Crippen LogP contribution in [0.1, 0.15) is 81.1 Å². The van der Waals surface area contributed by atoms with Gasteiger partial charge in [-0.05, 0) is 57.4 Å². The molecule has 0 bridgehead atoms. The third-order valence-electron chi connectivity index (χ3n) is 7.70. The fourth-order valence-corrected chi connectivity index (χ4v) is 5.51. The molecule has 1 unspecified atom stereocenters. The summed E-state index contributed by atoms with van der Waals surface area (Å²) in [4.78, 5) is 29.8. The predicted octanol–water partition coefficient (Wildman–Crippen LogP) is 2.34. The average Bonchev–Trinajstić information content (AvgIpc) is 3.21. The topological polar surface area (TPSA) is 109 Å². The number of nitrogens with one attached hydrogen (secondary N) is 1. The molecule has 2 amide bonds. The van der Waals surface area contributed by atoms with E-state index in [0.717, 1.165) is 50.0 Å². The van der Waals surface area contributed by atoms with Gasteiger partial charge in [0.1, 0.15) is 6.54 Å². The second-order valence-electron chi connectivity index (χ2n) is 11.1. The first-order valence-electron chi connectivity index (χ1n) is 12.9. The highest BCUT2D eigenvalue weighted by atomic mass is 16.4. The number of hydrogen-bond acceptors (Lipinski definition) is 7. The van der Waals surface area contributed by atoms with Gasteiger partial charge in [0.2, 0.25) is 23.6 Å². The number of carbonyl (C=O) groups excluding carboxylic acids is 2. The van der Waals surface area contributed by atoms with Gasteiger partial charge in [-0.15, -0.1) is 10.2 Å². The minimum absolute atomic E-state index is 0.0337. The highest BCUT2D eigenvalue weighted by Gasteiger charge is 2.48. The van der Waals surface area contributed by atoms with E-state index < -0.39 is 0 Å². The van der Waals surface area contributed by atoms with Crippen LogP contribution in [0, 0.1) is 19.3 Å². The lowest BCUT2D eigenvalue weighted by molar-refractivity contribution is -0.134. The summed E-state index contributed by atoms with van der Waals surface area (Å²) in [5, 5.41) is 16.2. The van der Waals surface area contributed by atoms with E-state index in [1.807, 2.05) is 38.7 Å². The molecule has 3 fully saturated rings. The number of carbonyl (C=O) groups is 2. The zero-order chi connectivity index (χ0) is 24.7. The Morgan fingerprint density at radius 1 is 1.17 bits per heavy atom. The second kappa shape index (κ2) is 9.37. The van der Waals surface area contributed by atoms with Gasteiger partial charge in [-0.1, -0.05) is 13.8 Å². The summed E-state index contributed by atoms with van der Waals surface area (Å²) >= 11 is 0. The van der Waals surface area contributed by atoms with Crippen LogP contribution in [0.5, 0.6) is 0 Å². The van der Waals surface area contributed by atoms with Crippen molar-refractivity contribution in [3.8, 4) is 0 Å². The summed E-state index contributed by atoms with van der Waals surface area (Å²) in [6.45, 7) is 10.8. The number of nitrogens with zero attached hydrogens (tertiary/aromatic N) is 6. The van der Waals surface area contributed by atoms with Crippen LogP contribution < -0.4 is 5.32 Å². The first kappa shape index (κ1) is 24.0. The van der Waals surface area contributed by atoms with Gasteiger partial charge in [-0.25, -0.2) is 0 Å². The quantitative estimate of drug-likeness (QED) is 0.644. The lowest BCUT2D eigenvalue weighted by Gasteiger charge is -2.39. The number of likely N-dealkylation sites (tertiary alicyclic amines) is 2. The molecule has 2 aromatic rings. The van der Waals surface area contributed by atoms with Crippen molar-refractivity contribution in [3.63, 3.8) is 0 Å². The van der Waals surface area contributed by atoms with Crippen molar-refractivity contribution in [1.82, 2.24) is 35.1 Å². The minimum atomic E-state index is -0.0723. The normalized spacial score (nSPS) is 22.3. The maximum Gasteiger partial charge on any atom is 0.244 e. The second-order valence-corrected chi connectivity index (χ2v) is 11.1. The standard InChI is InChI=1S/C25H37N7O3/c1-16(2)23-27-28-24(35-23)20-12-25(15-31(20)13-21(33)26-19-5-6-19)7-9-30(10-8-25)22(34)14-32-18(4)11-17(3)29-32/h11,16,19-20H,5-10,12-15H2,1-4H3,(H,26,33). The minimum Gasteiger partial charge on any atom is -0.423 e. The first-order valence-corrected chi connectivity index (χ1v) is 12.9. The molecule has 2 saturated heterocycles. The number of aromatic nitrogens is 4. The molecule has 35 heavy (non-hydrogen) atoms. The number of amides is 2. The molecular weight excluding hydrogens is 446 g/mol. The van der Waals surface area contributed by atoms with Crippen molar-refractivity contribution in [2.75, 3.05) is 26.2 Å². The third-order valence-corrected chi connectivity index (χ3v) is 7.70. The molecule has 10 nitrogen and oxygen atoms in total. The van der Waals surface area contributed by atoms with Gasteiger partial charge < -0.3 is 14.6 Å². The van der Waals surface area contributed by atoms with Gasteiger partial charge >= 0.3 is 0 Å². The van der Waals surface area contributed by atoms with E-state index in [9.17, 15) is 9.59 Å². The van der Waals surface area contributed by atoms with Gasteiger partial charge in [0, 0.05) is 37.3 Å². The van der Waals surface area contributed by atoms with Crippen LogP contribution in [-0.4, -0.2) is 73.8 Å². The molecule has 1 saturated carbocycles. The Bertz CT molecular complexity index is 1080. The van der Waals surface area contributed by atoms with E-state index >= 15 is 0 Å². The maximum absolute atomic E-state index is 13.0. The molecule has 1 aliphatic carbocycles. The maximum atomic E-state index is 13.0. The zero-order valence-electron chi connectivity index (χ0n) is 21.3. The highest BCUT2D eigenvalue weighted by molar-refractivity contribution is 5.78. The smallest absolute Gasteiger partial charge is 0.244 e. The van der Waals surface area contributed by atoms with Crippen molar-refractivity contribution in [1.29, 1.82) is 0 Å². The molecule has 5 rings (SSSR count). The Labute approximate surface area is 206 Å². The number of piperidine rings is 1. The van der Waals surface area contributed by atoms with Gasteiger partial charge in [0.25, 0.3) is 0 Å². The lowest BCUT2D eigenvalue weighted by Crippen LogP contribution is -2.46. The van der Waals surface area contributed by atoms with Gasteiger partial charge in [-0.2, -0.15) is 5.10 Å². The van der Waals surface area contributed by atoms with Crippen molar-refractivity contribution in [3.05, 3.63) is 29.2 Å². The van der Waals surface area contributed by atoms with E-state index in [1.54, 1.807) is 4.68 Å². The Balaban J connectivity index is 1.26. The Kier molecular flexibility index (Phi) is 6.41. The van der Waals surface area contributed by atoms with E-state index in [1.165, 1.54) is 0 Å². The summed E-state index contributed by atoms with van der Waals surface area (Å²) in [5.41, 5.74) is 1.96. The molecule has 2 aliphatic heterocycles. The van der Waals surface area contributed by atoms with Crippen LogP contribution in [0.2, 0.25) is 0 Å². The van der Waals surface area contributed by atoms with Gasteiger partial charge in [0.05, 0.1) is 18.3 Å². The van der Waals surface area contributed by atoms with Crippen LogP contribution in [0.15, 0.2) is 10.5 Å². The summed E-state index contributed by atoms with van der Waals surface area (Å²) in [5.74, 6) is 1.57. The SMILES string of the molecule is Cc1cc(C)n(CC(=O)N2CCC3(CC2)CC(c2nnc(C(C)C)o2)N(CC(=O)NC2CC2)C3)n1. The van der Waals surface area contributed by atoms with Crippen LogP contribution in [0.25, 0.3) is 0 Å². The van der Waals surface area contributed by atoms with Gasteiger partial charge in [-0.3, -0.25) is 19.2 Å². The van der Waals surface area contributed by atoms with Crippen LogP contribution in [0.4, 0.5) is 0 Å². The fourth-order valence-electron chi connectivity index (χ4n) is 5.51. The van der Waals surface area contributed by atoms with Gasteiger partial charge in [0.15, 0.2) is 0 Å². The molecule has 0 radical (unpaired) electrons. The molecule has 190 valence electrons. The van der Waals surface area contributed by atoms with E-state index in [2.05, 4.69) is 25.5 Å². The molecule has 4 heterocycles. The van der Waals surface area contributed by atoms with Crippen molar-refractivity contribution < 1.29 is 14.0 Å². The van der Waals surface area contributed by atoms with E-state index in [0.29, 0.717) is 37.5 Å². The molecular formula is C25H37N7O3. The summed E-state index contributed by atoms with van der Waals surface area (Å²) in [7, 11) is 0. The Hall–Kier alpha value is -2.75. The Morgan fingerprint density at radius 3 is 2.51 bits per heavy atom. The highest BCUT2D eigenvalue weighted by Crippen LogP contribution is 2.48. The molecule has 2 aromatic heterocycles.